The van der Waals surface area contributed by atoms with Crippen LogP contribution in [0.5, 0.6) is 5.75 Å². The summed E-state index contributed by atoms with van der Waals surface area (Å²) >= 11 is 0. The number of hydrogen-bond donors (Lipinski definition) is 6. The summed E-state index contributed by atoms with van der Waals surface area (Å²) in [7, 11) is 1.55. The standard InChI is InChI=1S/C34H43N7O8/c1-20(42)41-18-21-16-23(38-33(36-19-35)37-22-10-13-24(49-5)14-11-22)12-15-25(21)29(41)30(44)40-27(32(47)48)9-7-6-8-26(31(45)46)39-28(43)17-34(2,3)4/h10-16,26-27,29H,6-9,17-18H2,1-5H3,(H,39,43)(H,40,44)(H,45,46)(H,47,48)(H2,36,37,38). The number of carboxylic acid groups (broad SMARTS) is 2. The van der Waals surface area contributed by atoms with Gasteiger partial charge in [-0.25, -0.2) is 9.59 Å². The van der Waals surface area contributed by atoms with Crippen molar-refractivity contribution in [2.24, 2.45) is 10.4 Å². The lowest BCUT2D eigenvalue weighted by Crippen LogP contribution is -2.46. The SMILES string of the molecule is COc1ccc(NC(=NC#N)Nc2ccc3c(c2)CN(C(C)=O)C3C(=O)NC(CCCCC(NC(=O)CC(C)(C)C)C(=O)O)C(=O)O)cc1. The number of hydrogen-bond acceptors (Lipinski definition) is 8. The summed E-state index contributed by atoms with van der Waals surface area (Å²) in [6.07, 6.45) is 2.55. The van der Waals surface area contributed by atoms with E-state index in [-0.39, 0.29) is 55.4 Å². The van der Waals surface area contributed by atoms with Crippen molar-refractivity contribution in [1.29, 1.82) is 5.26 Å². The predicted octanol–water partition coefficient (Wildman–Crippen LogP) is 3.59. The highest BCUT2D eigenvalue weighted by molar-refractivity contribution is 6.04. The second-order valence-electron chi connectivity index (χ2n) is 12.9. The molecule has 1 aliphatic rings. The van der Waals surface area contributed by atoms with Crippen LogP contribution >= 0.6 is 0 Å². The van der Waals surface area contributed by atoms with Gasteiger partial charge in [0, 0.05) is 31.3 Å². The number of methoxy groups -OCH3 is 1. The van der Waals surface area contributed by atoms with E-state index in [1.54, 1.807) is 55.8 Å². The van der Waals surface area contributed by atoms with Gasteiger partial charge in [0.1, 0.15) is 23.9 Å². The third-order valence-electron chi connectivity index (χ3n) is 7.69. The van der Waals surface area contributed by atoms with Crippen LogP contribution in [0.1, 0.15) is 77.0 Å². The minimum atomic E-state index is -1.29. The van der Waals surface area contributed by atoms with Gasteiger partial charge >= 0.3 is 11.9 Å². The summed E-state index contributed by atoms with van der Waals surface area (Å²) in [4.78, 5) is 67.2. The van der Waals surface area contributed by atoms with Gasteiger partial charge in [-0.3, -0.25) is 14.4 Å². The molecule has 0 aromatic heterocycles. The van der Waals surface area contributed by atoms with Gasteiger partial charge in [-0.05, 0) is 65.8 Å². The van der Waals surface area contributed by atoms with Crippen LogP contribution in [-0.4, -0.2) is 69.9 Å². The highest BCUT2D eigenvalue weighted by atomic mass is 16.5. The Morgan fingerprint density at radius 3 is 2.06 bits per heavy atom. The van der Waals surface area contributed by atoms with Gasteiger partial charge in [-0.15, -0.1) is 4.99 Å². The van der Waals surface area contributed by atoms with E-state index in [1.807, 2.05) is 20.8 Å². The van der Waals surface area contributed by atoms with Gasteiger partial charge in [-0.1, -0.05) is 39.7 Å². The fraction of sp³-hybridized carbons (Fsp3) is 0.441. The third-order valence-corrected chi connectivity index (χ3v) is 7.69. The first-order valence-electron chi connectivity index (χ1n) is 15.7. The molecule has 0 saturated heterocycles. The van der Waals surface area contributed by atoms with Crippen LogP contribution in [-0.2, 0) is 30.5 Å². The molecule has 262 valence electrons. The van der Waals surface area contributed by atoms with Crippen molar-refractivity contribution in [3.8, 4) is 11.9 Å². The Balaban J connectivity index is 1.67. The maximum Gasteiger partial charge on any atom is 0.326 e. The van der Waals surface area contributed by atoms with Gasteiger partial charge in [0.05, 0.1) is 7.11 Å². The van der Waals surface area contributed by atoms with Crippen LogP contribution in [0.15, 0.2) is 47.5 Å². The fourth-order valence-electron chi connectivity index (χ4n) is 5.38. The number of nitriles is 1. The molecule has 0 spiro atoms. The number of aliphatic imine (C=N–C) groups is 1. The molecule has 15 heteroatoms. The molecule has 2 aromatic carbocycles. The largest absolute Gasteiger partial charge is 0.497 e. The van der Waals surface area contributed by atoms with Crippen LogP contribution in [0.25, 0.3) is 0 Å². The smallest absolute Gasteiger partial charge is 0.326 e. The molecule has 0 saturated carbocycles. The number of unbranched alkanes of at least 4 members (excludes halogenated alkanes) is 1. The number of carboxylic acids is 2. The molecule has 0 radical (unpaired) electrons. The van der Waals surface area contributed by atoms with Crippen molar-refractivity contribution in [2.75, 3.05) is 17.7 Å². The molecule has 3 atom stereocenters. The van der Waals surface area contributed by atoms with E-state index in [0.717, 1.165) is 0 Å². The number of carbonyl (C=O) groups excluding carboxylic acids is 3. The second-order valence-corrected chi connectivity index (χ2v) is 12.9. The molecule has 3 amide bonds. The Morgan fingerprint density at radius 1 is 0.959 bits per heavy atom. The Labute approximate surface area is 284 Å². The number of anilines is 2. The summed E-state index contributed by atoms with van der Waals surface area (Å²) in [5, 5.41) is 39.7. The molecule has 6 N–H and O–H groups in total. The second kappa shape index (κ2) is 17.0. The molecule has 0 bridgehead atoms. The molecule has 1 heterocycles. The van der Waals surface area contributed by atoms with Crippen molar-refractivity contribution in [3.05, 3.63) is 53.6 Å². The van der Waals surface area contributed by atoms with Gasteiger partial charge in [0.25, 0.3) is 0 Å². The molecule has 1 aliphatic heterocycles. The van der Waals surface area contributed by atoms with Crippen molar-refractivity contribution < 1.29 is 38.9 Å². The Hall–Kier alpha value is -5.65. The molecule has 15 nitrogen and oxygen atoms in total. The van der Waals surface area contributed by atoms with Crippen LogP contribution < -0.4 is 26.0 Å². The number of amides is 3. The Bertz CT molecular complexity index is 1610. The molecule has 3 rings (SSSR count). The minimum absolute atomic E-state index is 0.00799. The normalized spacial score (nSPS) is 15.2. The van der Waals surface area contributed by atoms with E-state index >= 15 is 0 Å². The number of nitrogens with zero attached hydrogens (tertiary/aromatic N) is 3. The zero-order valence-electron chi connectivity index (χ0n) is 28.2. The molecule has 3 unspecified atom stereocenters. The summed E-state index contributed by atoms with van der Waals surface area (Å²) in [6, 6.07) is 8.50. The molecule has 0 aliphatic carbocycles. The van der Waals surface area contributed by atoms with Gasteiger partial charge in [0.2, 0.25) is 29.9 Å². The van der Waals surface area contributed by atoms with E-state index in [1.165, 1.54) is 11.8 Å². The Kier molecular flexibility index (Phi) is 13.1. The monoisotopic (exact) mass is 677 g/mol. The molecule has 0 fully saturated rings. The molecule has 2 aromatic rings. The number of fused-ring (bicyclic) bond motifs is 1. The van der Waals surface area contributed by atoms with Crippen LogP contribution in [0.3, 0.4) is 0 Å². The lowest BCUT2D eigenvalue weighted by Gasteiger charge is -2.25. The van der Waals surface area contributed by atoms with E-state index < -0.39 is 36.0 Å². The van der Waals surface area contributed by atoms with E-state index in [0.29, 0.717) is 34.7 Å². The maximum atomic E-state index is 13.5. The van der Waals surface area contributed by atoms with Crippen LogP contribution in [0.2, 0.25) is 0 Å². The average Bonchev–Trinajstić information content (AvgIpc) is 3.40. The summed E-state index contributed by atoms with van der Waals surface area (Å²) in [6.45, 7) is 7.00. The summed E-state index contributed by atoms with van der Waals surface area (Å²) in [5.74, 6) is -3.12. The first-order chi connectivity index (χ1) is 23.1. The average molecular weight is 678 g/mol. The number of carbonyl (C=O) groups is 5. The summed E-state index contributed by atoms with van der Waals surface area (Å²) in [5.41, 5.74) is 2.00. The van der Waals surface area contributed by atoms with Crippen LogP contribution in [0.4, 0.5) is 11.4 Å². The first-order valence-corrected chi connectivity index (χ1v) is 15.7. The molecular formula is C34H43N7O8. The van der Waals surface area contributed by atoms with Crippen molar-refractivity contribution in [2.45, 2.75) is 84.5 Å². The highest BCUT2D eigenvalue weighted by Crippen LogP contribution is 2.36. The van der Waals surface area contributed by atoms with Crippen molar-refractivity contribution >= 4 is 47.0 Å². The van der Waals surface area contributed by atoms with Gasteiger partial charge in [0.15, 0.2) is 0 Å². The zero-order valence-corrected chi connectivity index (χ0v) is 28.2. The van der Waals surface area contributed by atoms with E-state index in [4.69, 9.17) is 4.74 Å². The number of guanidine groups is 1. The van der Waals surface area contributed by atoms with Crippen molar-refractivity contribution in [1.82, 2.24) is 15.5 Å². The van der Waals surface area contributed by atoms with Gasteiger partial charge in [-0.2, -0.15) is 5.26 Å². The Morgan fingerprint density at radius 2 is 1.53 bits per heavy atom. The minimum Gasteiger partial charge on any atom is -0.497 e. The predicted molar refractivity (Wildman–Crippen MR) is 180 cm³/mol. The van der Waals surface area contributed by atoms with E-state index in [9.17, 15) is 39.4 Å². The lowest BCUT2D eigenvalue weighted by molar-refractivity contribution is -0.144. The lowest BCUT2D eigenvalue weighted by atomic mass is 9.91. The fourth-order valence-corrected chi connectivity index (χ4v) is 5.38. The zero-order chi connectivity index (χ0) is 36.3. The maximum absolute atomic E-state index is 13.5. The van der Waals surface area contributed by atoms with Gasteiger partial charge < -0.3 is 41.1 Å². The first kappa shape index (κ1) is 37.8. The number of rotatable bonds is 14. The number of ether oxygens (including phenoxy) is 1. The summed E-state index contributed by atoms with van der Waals surface area (Å²) < 4.78 is 5.16. The molecule has 49 heavy (non-hydrogen) atoms. The quantitative estimate of drug-likeness (QED) is 0.0734. The molecular weight excluding hydrogens is 634 g/mol. The van der Waals surface area contributed by atoms with E-state index in [2.05, 4.69) is 26.3 Å². The topological polar surface area (TPSA) is 223 Å². The number of aliphatic carboxylic acids is 2. The van der Waals surface area contributed by atoms with Crippen LogP contribution in [0, 0.1) is 16.9 Å². The number of benzene rings is 2. The highest BCUT2D eigenvalue weighted by Gasteiger charge is 2.38. The number of nitrogens with one attached hydrogen (secondary N) is 4. The van der Waals surface area contributed by atoms with Crippen molar-refractivity contribution in [3.63, 3.8) is 0 Å². The third kappa shape index (κ3) is 11.2.